The van der Waals surface area contributed by atoms with E-state index in [1.165, 1.54) is 12.5 Å². The van der Waals surface area contributed by atoms with Crippen molar-refractivity contribution in [2.45, 2.75) is 25.7 Å². The van der Waals surface area contributed by atoms with Gasteiger partial charge in [-0.2, -0.15) is 9.68 Å². The third kappa shape index (κ3) is 13.2. The lowest BCUT2D eigenvalue weighted by atomic mass is 10.3. The summed E-state index contributed by atoms with van der Waals surface area (Å²) in [6.45, 7) is 9.64. The Labute approximate surface area is 116 Å². The van der Waals surface area contributed by atoms with Crippen molar-refractivity contribution >= 4 is 0 Å². The highest BCUT2D eigenvalue weighted by Crippen LogP contribution is 2.05. The lowest BCUT2D eigenvalue weighted by Gasteiger charge is -2.24. The van der Waals surface area contributed by atoms with E-state index in [9.17, 15) is 0 Å². The molecule has 0 heterocycles. The predicted molar refractivity (Wildman–Crippen MR) is 74.8 cm³/mol. The molecule has 0 fully saturated rings. The van der Waals surface area contributed by atoms with Crippen molar-refractivity contribution in [3.05, 3.63) is 25.7 Å². The van der Waals surface area contributed by atoms with Crippen LogP contribution < -0.4 is 0 Å². The van der Waals surface area contributed by atoms with E-state index in [1.54, 1.807) is 0 Å². The first-order valence-electron chi connectivity index (χ1n) is 6.70. The lowest BCUT2D eigenvalue weighted by Crippen LogP contribution is -2.40. The van der Waals surface area contributed by atoms with E-state index in [1.807, 2.05) is 14.1 Å². The first-order chi connectivity index (χ1) is 9.12. The third-order valence-electron chi connectivity index (χ3n) is 2.35. The fraction of sp³-hybridized carbons (Fsp3) is 0.714. The number of quaternary nitrogens is 1. The summed E-state index contributed by atoms with van der Waals surface area (Å²) in [6, 6.07) is 0. The fourth-order valence-corrected chi connectivity index (χ4v) is 1.35. The van der Waals surface area contributed by atoms with Gasteiger partial charge in [-0.3, -0.25) is 0 Å². The molecular weight excluding hydrogens is 246 g/mol. The van der Waals surface area contributed by atoms with Gasteiger partial charge in [-0.15, -0.1) is 0 Å². The minimum Gasteiger partial charge on any atom is -0.502 e. The molecule has 0 unspecified atom stereocenters. The molecule has 0 aromatic heterocycles. The Morgan fingerprint density at radius 3 is 1.47 bits per heavy atom. The molecule has 112 valence electrons. The van der Waals surface area contributed by atoms with Crippen molar-refractivity contribution < 1.29 is 24.0 Å². The van der Waals surface area contributed by atoms with Crippen LogP contribution in [0.4, 0.5) is 0 Å². The fourth-order valence-electron chi connectivity index (χ4n) is 1.35. The smallest absolute Gasteiger partial charge is 0.132 e. The van der Waals surface area contributed by atoms with Gasteiger partial charge in [-0.25, -0.2) is 0 Å². The highest BCUT2D eigenvalue weighted by molar-refractivity contribution is 4.49. The molecule has 0 saturated heterocycles. The summed E-state index contributed by atoms with van der Waals surface area (Å²) in [5.41, 5.74) is 0. The summed E-state index contributed by atoms with van der Waals surface area (Å²) in [5.74, 6) is 0. The van der Waals surface area contributed by atoms with Gasteiger partial charge in [0.2, 0.25) is 0 Å². The van der Waals surface area contributed by atoms with E-state index in [-0.39, 0.29) is 4.81 Å². The van der Waals surface area contributed by atoms with Gasteiger partial charge in [-0.05, 0) is 30.5 Å². The quantitative estimate of drug-likeness (QED) is 0.211. The van der Waals surface area contributed by atoms with E-state index in [4.69, 9.17) is 19.1 Å². The zero-order chi connectivity index (χ0) is 14.4. The summed E-state index contributed by atoms with van der Waals surface area (Å²) < 4.78 is 10.1. The third-order valence-corrected chi connectivity index (χ3v) is 2.35. The van der Waals surface area contributed by atoms with E-state index in [0.29, 0.717) is 26.4 Å². The van der Waals surface area contributed by atoms with Crippen LogP contribution in [0.5, 0.6) is 0 Å². The van der Waals surface area contributed by atoms with Crippen LogP contribution in [0.25, 0.3) is 0 Å². The number of unbranched alkanes of at least 4 members (excludes halogenated alkanes) is 2. The SMILES string of the molecule is C=COCCCCO[N+](C)(C)OCCCCOC=C. The van der Waals surface area contributed by atoms with Crippen LogP contribution in [0.3, 0.4) is 0 Å². The van der Waals surface area contributed by atoms with Crippen LogP contribution >= 0.6 is 0 Å². The monoisotopic (exact) mass is 274 g/mol. The molecule has 0 rings (SSSR count). The largest absolute Gasteiger partial charge is 0.502 e. The Bertz CT molecular complexity index is 209. The normalized spacial score (nSPS) is 11.1. The second-order valence-electron chi connectivity index (χ2n) is 4.41. The Hall–Kier alpha value is -1.04. The molecule has 0 saturated carbocycles. The van der Waals surface area contributed by atoms with Crippen molar-refractivity contribution in [3.63, 3.8) is 0 Å². The van der Waals surface area contributed by atoms with Crippen molar-refractivity contribution in [2.24, 2.45) is 0 Å². The molecule has 0 amide bonds. The van der Waals surface area contributed by atoms with Crippen molar-refractivity contribution in [3.8, 4) is 0 Å². The predicted octanol–water partition coefficient (Wildman–Crippen LogP) is 2.81. The van der Waals surface area contributed by atoms with Crippen LogP contribution in [-0.4, -0.2) is 45.3 Å². The van der Waals surface area contributed by atoms with Gasteiger partial charge in [0.1, 0.15) is 27.3 Å². The van der Waals surface area contributed by atoms with Crippen LogP contribution in [0.2, 0.25) is 0 Å². The van der Waals surface area contributed by atoms with Crippen molar-refractivity contribution in [2.75, 3.05) is 40.5 Å². The number of hydrogen-bond donors (Lipinski definition) is 0. The first kappa shape index (κ1) is 18.0. The summed E-state index contributed by atoms with van der Waals surface area (Å²) >= 11 is 0. The van der Waals surface area contributed by atoms with Gasteiger partial charge in [0.05, 0.1) is 25.7 Å². The molecule has 0 N–H and O–H groups in total. The van der Waals surface area contributed by atoms with Gasteiger partial charge >= 0.3 is 0 Å². The minimum atomic E-state index is 0.116. The van der Waals surface area contributed by atoms with Crippen LogP contribution in [0, 0.1) is 0 Å². The first-order valence-corrected chi connectivity index (χ1v) is 6.70. The molecule has 0 aliphatic carbocycles. The molecule has 0 aliphatic heterocycles. The molecule has 5 heteroatoms. The molecule has 0 aromatic rings. The second-order valence-corrected chi connectivity index (χ2v) is 4.41. The van der Waals surface area contributed by atoms with Gasteiger partial charge in [-0.1, -0.05) is 13.2 Å². The minimum absolute atomic E-state index is 0.116. The summed E-state index contributed by atoms with van der Waals surface area (Å²) in [4.78, 5) is 11.4. The van der Waals surface area contributed by atoms with Gasteiger partial charge < -0.3 is 9.47 Å². The highest BCUT2D eigenvalue weighted by Gasteiger charge is 2.17. The number of hydroxylamine groups is 4. The maximum Gasteiger partial charge on any atom is 0.132 e. The Morgan fingerprint density at radius 1 is 0.737 bits per heavy atom. The van der Waals surface area contributed by atoms with Gasteiger partial charge in [0.15, 0.2) is 0 Å². The van der Waals surface area contributed by atoms with E-state index in [2.05, 4.69) is 13.2 Å². The average Bonchev–Trinajstić information content (AvgIpc) is 2.38. The van der Waals surface area contributed by atoms with E-state index in [0.717, 1.165) is 25.7 Å². The molecule has 0 aliphatic rings. The second kappa shape index (κ2) is 12.0. The Balaban J connectivity index is 3.41. The molecule has 0 aromatic carbocycles. The topological polar surface area (TPSA) is 36.9 Å². The maximum atomic E-state index is 5.62. The Kier molecular flexibility index (Phi) is 11.4. The Morgan fingerprint density at radius 2 is 1.11 bits per heavy atom. The van der Waals surface area contributed by atoms with Crippen LogP contribution in [0.1, 0.15) is 25.7 Å². The zero-order valence-electron chi connectivity index (χ0n) is 12.3. The molecule has 0 radical (unpaired) electrons. The summed E-state index contributed by atoms with van der Waals surface area (Å²) in [6.07, 6.45) is 6.69. The van der Waals surface area contributed by atoms with Crippen LogP contribution in [0.15, 0.2) is 25.7 Å². The molecule has 5 nitrogen and oxygen atoms in total. The number of rotatable bonds is 14. The van der Waals surface area contributed by atoms with Crippen molar-refractivity contribution in [1.29, 1.82) is 0 Å². The zero-order valence-corrected chi connectivity index (χ0v) is 12.3. The van der Waals surface area contributed by atoms with Crippen LogP contribution in [-0.2, 0) is 19.1 Å². The van der Waals surface area contributed by atoms with E-state index < -0.39 is 0 Å². The van der Waals surface area contributed by atoms with Crippen molar-refractivity contribution in [1.82, 2.24) is 0 Å². The van der Waals surface area contributed by atoms with E-state index >= 15 is 0 Å². The number of nitrogens with zero attached hydrogens (tertiary/aromatic N) is 1. The van der Waals surface area contributed by atoms with Gasteiger partial charge in [0, 0.05) is 0 Å². The maximum absolute atomic E-state index is 5.62. The molecule has 0 spiro atoms. The average molecular weight is 274 g/mol. The highest BCUT2D eigenvalue weighted by atomic mass is 17.0. The molecular formula is C14H28NO4+. The molecule has 0 bridgehead atoms. The standard InChI is InChI=1S/C14H28NO4/c1-5-16-11-7-9-13-18-15(3,4)19-14-10-8-12-17-6-2/h5-6H,1-2,7-14H2,3-4H3/q+1. The number of hydrogen-bond acceptors (Lipinski definition) is 4. The molecule has 0 atom stereocenters. The van der Waals surface area contributed by atoms with Gasteiger partial charge in [0.25, 0.3) is 0 Å². The summed E-state index contributed by atoms with van der Waals surface area (Å²) in [5, 5.41) is 0. The summed E-state index contributed by atoms with van der Waals surface area (Å²) in [7, 11) is 3.75. The lowest BCUT2D eigenvalue weighted by molar-refractivity contribution is -1.22. The number of ether oxygens (including phenoxy) is 2. The molecule has 19 heavy (non-hydrogen) atoms.